The highest BCUT2D eigenvalue weighted by molar-refractivity contribution is 5.78. The number of H-pyrrole nitrogens is 1. The van der Waals surface area contributed by atoms with E-state index in [-0.39, 0.29) is 17.3 Å². The standard InChI is InChI=1S/C14H21N3O2/c1-9-6-16-12(10(2)13(9)18)8-17-5-4-11(7-17)14(19)15-3/h6,11H,4-5,7-8H2,1-3H3,(H,15,19)(H,16,18)/t11-/m0/s1. The molecule has 5 heteroatoms. The second kappa shape index (κ2) is 5.57. The summed E-state index contributed by atoms with van der Waals surface area (Å²) in [4.78, 5) is 28.9. The van der Waals surface area contributed by atoms with Crippen molar-refractivity contribution in [3.8, 4) is 0 Å². The Balaban J connectivity index is 2.06. The van der Waals surface area contributed by atoms with Gasteiger partial charge in [-0.25, -0.2) is 0 Å². The molecule has 2 N–H and O–H groups in total. The second-order valence-corrected chi connectivity index (χ2v) is 5.24. The van der Waals surface area contributed by atoms with Gasteiger partial charge >= 0.3 is 0 Å². The average molecular weight is 263 g/mol. The van der Waals surface area contributed by atoms with Gasteiger partial charge in [0, 0.05) is 43.2 Å². The molecule has 1 aliphatic rings. The number of nitrogens with zero attached hydrogens (tertiary/aromatic N) is 1. The lowest BCUT2D eigenvalue weighted by Crippen LogP contribution is -2.30. The highest BCUT2D eigenvalue weighted by atomic mass is 16.1. The summed E-state index contributed by atoms with van der Waals surface area (Å²) in [5.74, 6) is 0.180. The number of amides is 1. The van der Waals surface area contributed by atoms with Gasteiger partial charge in [0.05, 0.1) is 5.92 Å². The van der Waals surface area contributed by atoms with Crippen molar-refractivity contribution in [3.63, 3.8) is 0 Å². The maximum Gasteiger partial charge on any atom is 0.224 e. The van der Waals surface area contributed by atoms with Gasteiger partial charge in [0.25, 0.3) is 0 Å². The fourth-order valence-electron chi connectivity index (χ4n) is 2.58. The molecule has 2 heterocycles. The number of pyridine rings is 1. The lowest BCUT2D eigenvalue weighted by molar-refractivity contribution is -0.124. The molecule has 1 atom stereocenters. The number of hydrogen-bond donors (Lipinski definition) is 2. The van der Waals surface area contributed by atoms with E-state index in [1.54, 1.807) is 13.2 Å². The molecular formula is C14H21N3O2. The van der Waals surface area contributed by atoms with Crippen molar-refractivity contribution in [2.75, 3.05) is 20.1 Å². The number of nitrogens with one attached hydrogen (secondary N) is 2. The van der Waals surface area contributed by atoms with E-state index in [4.69, 9.17) is 0 Å². The van der Waals surface area contributed by atoms with Crippen LogP contribution in [-0.2, 0) is 11.3 Å². The summed E-state index contributed by atoms with van der Waals surface area (Å²) in [6.45, 7) is 6.03. The Bertz CT molecular complexity index is 536. The maximum absolute atomic E-state index is 11.9. The number of carbonyl (C=O) groups excluding carboxylic acids is 1. The summed E-state index contributed by atoms with van der Waals surface area (Å²) in [5, 5.41) is 2.70. The minimum absolute atomic E-state index is 0.0717. The highest BCUT2D eigenvalue weighted by Gasteiger charge is 2.27. The molecule has 1 aliphatic heterocycles. The summed E-state index contributed by atoms with van der Waals surface area (Å²) >= 11 is 0. The molecule has 0 aliphatic carbocycles. The van der Waals surface area contributed by atoms with E-state index in [0.29, 0.717) is 6.54 Å². The Morgan fingerprint density at radius 3 is 2.95 bits per heavy atom. The minimum Gasteiger partial charge on any atom is -0.363 e. The van der Waals surface area contributed by atoms with Crippen LogP contribution in [0.4, 0.5) is 0 Å². The van der Waals surface area contributed by atoms with Crippen LogP contribution in [0, 0.1) is 19.8 Å². The molecule has 1 fully saturated rings. The molecule has 0 spiro atoms. The zero-order valence-corrected chi connectivity index (χ0v) is 11.7. The Morgan fingerprint density at radius 2 is 2.26 bits per heavy atom. The summed E-state index contributed by atoms with van der Waals surface area (Å²) in [6.07, 6.45) is 2.64. The van der Waals surface area contributed by atoms with Gasteiger partial charge in [0.2, 0.25) is 5.91 Å². The van der Waals surface area contributed by atoms with Crippen molar-refractivity contribution < 1.29 is 4.79 Å². The van der Waals surface area contributed by atoms with Gasteiger partial charge in [-0.05, 0) is 26.8 Å². The zero-order chi connectivity index (χ0) is 14.0. The normalized spacial score (nSPS) is 19.6. The number of aromatic amines is 1. The lowest BCUT2D eigenvalue weighted by atomic mass is 10.1. The molecule has 2 rings (SSSR count). The first kappa shape index (κ1) is 13.8. The van der Waals surface area contributed by atoms with Crippen molar-refractivity contribution in [3.05, 3.63) is 33.2 Å². The lowest BCUT2D eigenvalue weighted by Gasteiger charge is -2.17. The van der Waals surface area contributed by atoms with Crippen molar-refractivity contribution >= 4 is 5.91 Å². The summed E-state index contributed by atoms with van der Waals surface area (Å²) in [6, 6.07) is 0. The Kier molecular flexibility index (Phi) is 4.04. The van der Waals surface area contributed by atoms with Crippen molar-refractivity contribution in [1.29, 1.82) is 0 Å². The average Bonchev–Trinajstić information content (AvgIpc) is 2.87. The SMILES string of the molecule is CNC(=O)[C@H]1CCN(Cc2[nH]cc(C)c(=O)c2C)C1. The van der Waals surface area contributed by atoms with Gasteiger partial charge in [0.1, 0.15) is 0 Å². The number of aryl methyl sites for hydroxylation is 1. The third-order valence-electron chi connectivity index (χ3n) is 3.89. The monoisotopic (exact) mass is 263 g/mol. The van der Waals surface area contributed by atoms with E-state index < -0.39 is 0 Å². The van der Waals surface area contributed by atoms with Crippen LogP contribution in [-0.4, -0.2) is 35.9 Å². The molecule has 1 amide bonds. The largest absolute Gasteiger partial charge is 0.363 e. The fourth-order valence-corrected chi connectivity index (χ4v) is 2.58. The Hall–Kier alpha value is -1.62. The third kappa shape index (κ3) is 2.87. The number of hydrogen-bond acceptors (Lipinski definition) is 3. The minimum atomic E-state index is 0.0717. The van der Waals surface area contributed by atoms with E-state index in [9.17, 15) is 9.59 Å². The summed E-state index contributed by atoms with van der Waals surface area (Å²) in [5.41, 5.74) is 2.58. The first-order valence-electron chi connectivity index (χ1n) is 6.64. The molecule has 1 aromatic heterocycles. The van der Waals surface area contributed by atoms with Crippen LogP contribution < -0.4 is 10.7 Å². The van der Waals surface area contributed by atoms with E-state index in [1.165, 1.54) is 0 Å². The maximum atomic E-state index is 11.9. The quantitative estimate of drug-likeness (QED) is 0.837. The molecule has 1 saturated heterocycles. The molecular weight excluding hydrogens is 242 g/mol. The van der Waals surface area contributed by atoms with Crippen LogP contribution in [0.3, 0.4) is 0 Å². The Labute approximate surface area is 113 Å². The molecule has 0 unspecified atom stereocenters. The number of likely N-dealkylation sites (tertiary alicyclic amines) is 1. The zero-order valence-electron chi connectivity index (χ0n) is 11.7. The molecule has 1 aromatic rings. The van der Waals surface area contributed by atoms with Crippen LogP contribution in [0.15, 0.2) is 11.0 Å². The van der Waals surface area contributed by atoms with E-state index >= 15 is 0 Å². The van der Waals surface area contributed by atoms with Gasteiger partial charge in [-0.2, -0.15) is 0 Å². The molecule has 0 saturated carbocycles. The molecule has 0 aromatic carbocycles. The summed E-state index contributed by atoms with van der Waals surface area (Å²) in [7, 11) is 1.67. The van der Waals surface area contributed by atoms with E-state index in [0.717, 1.165) is 36.3 Å². The van der Waals surface area contributed by atoms with Crippen LogP contribution in [0.25, 0.3) is 0 Å². The second-order valence-electron chi connectivity index (χ2n) is 5.24. The predicted octanol–water partition coefficient (Wildman–Crippen LogP) is 0.560. The molecule has 104 valence electrons. The van der Waals surface area contributed by atoms with Crippen LogP contribution in [0.5, 0.6) is 0 Å². The predicted molar refractivity (Wildman–Crippen MR) is 74.0 cm³/mol. The molecule has 19 heavy (non-hydrogen) atoms. The highest BCUT2D eigenvalue weighted by Crippen LogP contribution is 2.18. The third-order valence-corrected chi connectivity index (χ3v) is 3.89. The van der Waals surface area contributed by atoms with Crippen LogP contribution >= 0.6 is 0 Å². The van der Waals surface area contributed by atoms with Gasteiger partial charge in [-0.1, -0.05) is 0 Å². The van der Waals surface area contributed by atoms with Crippen molar-refractivity contribution in [2.45, 2.75) is 26.8 Å². The van der Waals surface area contributed by atoms with Gasteiger partial charge in [0.15, 0.2) is 5.43 Å². The molecule has 5 nitrogen and oxygen atoms in total. The fraction of sp³-hybridized carbons (Fsp3) is 0.571. The topological polar surface area (TPSA) is 65.2 Å². The Morgan fingerprint density at radius 1 is 1.53 bits per heavy atom. The number of carbonyl (C=O) groups is 1. The van der Waals surface area contributed by atoms with Gasteiger partial charge in [-0.15, -0.1) is 0 Å². The van der Waals surface area contributed by atoms with Gasteiger partial charge in [-0.3, -0.25) is 14.5 Å². The first-order valence-corrected chi connectivity index (χ1v) is 6.64. The summed E-state index contributed by atoms with van der Waals surface area (Å²) < 4.78 is 0. The van der Waals surface area contributed by atoms with E-state index in [2.05, 4.69) is 15.2 Å². The number of rotatable bonds is 3. The van der Waals surface area contributed by atoms with E-state index in [1.807, 2.05) is 13.8 Å². The van der Waals surface area contributed by atoms with Crippen molar-refractivity contribution in [1.82, 2.24) is 15.2 Å². The van der Waals surface area contributed by atoms with Crippen molar-refractivity contribution in [2.24, 2.45) is 5.92 Å². The van der Waals surface area contributed by atoms with Crippen LogP contribution in [0.1, 0.15) is 23.2 Å². The first-order chi connectivity index (χ1) is 9.02. The van der Waals surface area contributed by atoms with Gasteiger partial charge < -0.3 is 10.3 Å². The smallest absolute Gasteiger partial charge is 0.224 e. The molecule has 0 radical (unpaired) electrons. The van der Waals surface area contributed by atoms with Crippen LogP contribution in [0.2, 0.25) is 0 Å². The molecule has 0 bridgehead atoms. The number of aromatic nitrogens is 1.